The zero-order valence-corrected chi connectivity index (χ0v) is 20.5. The van der Waals surface area contributed by atoms with E-state index in [0.717, 1.165) is 45.6 Å². The van der Waals surface area contributed by atoms with E-state index >= 15 is 0 Å². The first-order chi connectivity index (χ1) is 17.8. The minimum Gasteiger partial charge on any atom is -0.366 e. The average Bonchev–Trinajstić information content (AvgIpc) is 2.96. The monoisotopic (exact) mass is 491 g/mol. The predicted molar refractivity (Wildman–Crippen MR) is 148 cm³/mol. The highest BCUT2D eigenvalue weighted by molar-refractivity contribution is 8.00. The lowest BCUT2D eigenvalue weighted by molar-refractivity contribution is 0.0747. The molecule has 1 saturated heterocycles. The van der Waals surface area contributed by atoms with Gasteiger partial charge in [-0.1, -0.05) is 42.5 Å². The molecule has 178 valence electrons. The Bertz CT molecular complexity index is 1520. The molecular weight excluding hydrogens is 466 g/mol. The van der Waals surface area contributed by atoms with Crippen LogP contribution in [0.3, 0.4) is 0 Å². The summed E-state index contributed by atoms with van der Waals surface area (Å²) in [6.07, 6.45) is 5.64. The third-order valence-corrected chi connectivity index (χ3v) is 7.45. The van der Waals surface area contributed by atoms with Gasteiger partial charge in [0.1, 0.15) is 0 Å². The van der Waals surface area contributed by atoms with Crippen LogP contribution >= 0.6 is 11.9 Å². The molecule has 0 unspecified atom stereocenters. The Kier molecular flexibility index (Phi) is 6.13. The molecule has 0 atom stereocenters. The molecule has 6 nitrogen and oxygen atoms in total. The van der Waals surface area contributed by atoms with E-state index in [0.29, 0.717) is 18.7 Å². The number of aromatic nitrogens is 2. The molecule has 1 aliphatic heterocycles. The maximum Gasteiger partial charge on any atom is 0.253 e. The Hall–Kier alpha value is -4.10. The maximum absolute atomic E-state index is 13.2. The number of benzene rings is 3. The highest BCUT2D eigenvalue weighted by Gasteiger charge is 2.23. The number of nitrogens with one attached hydrogen (secondary N) is 1. The normalized spacial score (nSPS) is 13.8. The number of carbonyl (C=O) groups is 1. The number of nitrogens with zero attached hydrogens (tertiary/aromatic N) is 4. The van der Waals surface area contributed by atoms with Crippen LogP contribution in [0.4, 0.5) is 11.4 Å². The fraction of sp³-hybridized carbons (Fsp3) is 0.138. The highest BCUT2D eigenvalue weighted by atomic mass is 32.2. The van der Waals surface area contributed by atoms with Crippen molar-refractivity contribution in [1.82, 2.24) is 14.9 Å². The Morgan fingerprint density at radius 2 is 1.58 bits per heavy atom. The number of rotatable bonds is 5. The molecule has 5 aromatic rings. The zero-order valence-electron chi connectivity index (χ0n) is 19.7. The number of carbonyl (C=O) groups excluding carboxylic acids is 1. The SMILES string of the molecule is O=C(c1ccc(NSc2cccc3cccnc23)cc1)N1CCN(c2cncc3ccccc23)CC1. The van der Waals surface area contributed by atoms with Crippen molar-refractivity contribution in [3.63, 3.8) is 0 Å². The minimum absolute atomic E-state index is 0.0724. The Balaban J connectivity index is 1.08. The molecular formula is C29H25N5OS. The fourth-order valence-corrected chi connectivity index (χ4v) is 5.42. The summed E-state index contributed by atoms with van der Waals surface area (Å²) in [5, 5.41) is 3.45. The minimum atomic E-state index is 0.0724. The number of para-hydroxylation sites is 1. The lowest BCUT2D eigenvalue weighted by atomic mass is 10.1. The van der Waals surface area contributed by atoms with Gasteiger partial charge in [-0.15, -0.1) is 0 Å². The highest BCUT2D eigenvalue weighted by Crippen LogP contribution is 2.28. The lowest BCUT2D eigenvalue weighted by Crippen LogP contribution is -2.48. The van der Waals surface area contributed by atoms with Gasteiger partial charge in [0, 0.05) is 66.0 Å². The van der Waals surface area contributed by atoms with Crippen molar-refractivity contribution >= 4 is 50.9 Å². The molecule has 2 aromatic heterocycles. The van der Waals surface area contributed by atoms with Crippen LogP contribution in [0, 0.1) is 0 Å². The van der Waals surface area contributed by atoms with E-state index in [1.165, 1.54) is 17.3 Å². The van der Waals surface area contributed by atoms with Gasteiger partial charge >= 0.3 is 0 Å². The first kappa shape index (κ1) is 22.4. The van der Waals surface area contributed by atoms with Crippen LogP contribution in [-0.4, -0.2) is 47.0 Å². The summed E-state index contributed by atoms with van der Waals surface area (Å²) in [5.74, 6) is 0.0724. The number of hydrogen-bond donors (Lipinski definition) is 1. The van der Waals surface area contributed by atoms with Crippen molar-refractivity contribution in [2.75, 3.05) is 35.8 Å². The Morgan fingerprint density at radius 3 is 2.44 bits per heavy atom. The predicted octanol–water partition coefficient (Wildman–Crippen LogP) is 5.86. The molecule has 0 saturated carbocycles. The molecule has 3 aromatic carbocycles. The summed E-state index contributed by atoms with van der Waals surface area (Å²) in [4.78, 5) is 27.4. The van der Waals surface area contributed by atoms with Gasteiger partial charge < -0.3 is 14.5 Å². The summed E-state index contributed by atoms with van der Waals surface area (Å²) in [5.41, 5.74) is 3.76. The molecule has 1 fully saturated rings. The fourth-order valence-electron chi connectivity index (χ4n) is 4.64. The summed E-state index contributed by atoms with van der Waals surface area (Å²) in [7, 11) is 0. The topological polar surface area (TPSA) is 61.4 Å². The van der Waals surface area contributed by atoms with Gasteiger partial charge in [0.2, 0.25) is 0 Å². The Labute approximate surface area is 214 Å². The van der Waals surface area contributed by atoms with Crippen LogP contribution in [0.15, 0.2) is 102 Å². The molecule has 0 radical (unpaired) electrons. The largest absolute Gasteiger partial charge is 0.366 e. The van der Waals surface area contributed by atoms with Crippen LogP contribution in [0.25, 0.3) is 21.7 Å². The lowest BCUT2D eigenvalue weighted by Gasteiger charge is -2.36. The average molecular weight is 492 g/mol. The number of anilines is 2. The Morgan fingerprint density at radius 1 is 0.806 bits per heavy atom. The summed E-state index contributed by atoms with van der Waals surface area (Å²) < 4.78 is 3.38. The summed E-state index contributed by atoms with van der Waals surface area (Å²) in [6.45, 7) is 2.95. The van der Waals surface area contributed by atoms with Gasteiger partial charge in [-0.3, -0.25) is 14.8 Å². The van der Waals surface area contributed by atoms with Crippen LogP contribution in [0.1, 0.15) is 10.4 Å². The van der Waals surface area contributed by atoms with Crippen molar-refractivity contribution in [2.45, 2.75) is 4.90 Å². The summed E-state index contributed by atoms with van der Waals surface area (Å²) >= 11 is 1.53. The van der Waals surface area contributed by atoms with E-state index in [1.807, 2.05) is 66.0 Å². The standard InChI is InChI=1S/C29H25N5OS/c35-29(34-17-15-33(16-18-34)26-20-30-19-23-5-1-2-8-25(23)26)22-10-12-24(13-11-22)32-36-27-9-3-6-21-7-4-14-31-28(21)27/h1-14,19-20,32H,15-18H2. The van der Waals surface area contributed by atoms with Gasteiger partial charge in [-0.2, -0.15) is 0 Å². The van der Waals surface area contributed by atoms with Gasteiger partial charge in [0.05, 0.1) is 22.3 Å². The van der Waals surface area contributed by atoms with Crippen molar-refractivity contribution < 1.29 is 4.79 Å². The third-order valence-electron chi connectivity index (χ3n) is 6.56. The molecule has 0 spiro atoms. The second-order valence-corrected chi connectivity index (χ2v) is 9.62. The van der Waals surface area contributed by atoms with Crippen LogP contribution < -0.4 is 9.62 Å². The first-order valence-corrected chi connectivity index (χ1v) is 12.8. The van der Waals surface area contributed by atoms with E-state index in [2.05, 4.69) is 56.0 Å². The van der Waals surface area contributed by atoms with E-state index in [4.69, 9.17) is 0 Å². The van der Waals surface area contributed by atoms with Crippen molar-refractivity contribution in [2.24, 2.45) is 0 Å². The molecule has 7 heteroatoms. The molecule has 3 heterocycles. The van der Waals surface area contributed by atoms with Gasteiger partial charge in [-0.25, -0.2) is 0 Å². The van der Waals surface area contributed by atoms with Gasteiger partial charge in [0.15, 0.2) is 0 Å². The van der Waals surface area contributed by atoms with E-state index in [9.17, 15) is 4.79 Å². The number of fused-ring (bicyclic) bond motifs is 2. The number of amides is 1. The molecule has 6 rings (SSSR count). The van der Waals surface area contributed by atoms with Gasteiger partial charge in [0.25, 0.3) is 5.91 Å². The number of hydrogen-bond acceptors (Lipinski definition) is 6. The van der Waals surface area contributed by atoms with Crippen molar-refractivity contribution in [1.29, 1.82) is 0 Å². The van der Waals surface area contributed by atoms with E-state index in [1.54, 1.807) is 0 Å². The first-order valence-electron chi connectivity index (χ1n) is 12.0. The van der Waals surface area contributed by atoms with Crippen molar-refractivity contribution in [3.05, 3.63) is 103 Å². The van der Waals surface area contributed by atoms with Crippen LogP contribution in [0.5, 0.6) is 0 Å². The van der Waals surface area contributed by atoms with E-state index < -0.39 is 0 Å². The molecule has 1 aliphatic rings. The molecule has 1 N–H and O–H groups in total. The van der Waals surface area contributed by atoms with Crippen LogP contribution in [0.2, 0.25) is 0 Å². The molecule has 0 bridgehead atoms. The second kappa shape index (κ2) is 9.87. The molecule has 36 heavy (non-hydrogen) atoms. The number of pyridine rings is 2. The molecule has 0 aliphatic carbocycles. The van der Waals surface area contributed by atoms with E-state index in [-0.39, 0.29) is 5.91 Å². The van der Waals surface area contributed by atoms with Gasteiger partial charge in [-0.05, 0) is 48.3 Å². The smallest absolute Gasteiger partial charge is 0.253 e. The quantitative estimate of drug-likeness (QED) is 0.311. The molecule has 1 amide bonds. The summed E-state index contributed by atoms with van der Waals surface area (Å²) in [6, 6.07) is 26.2. The van der Waals surface area contributed by atoms with Crippen LogP contribution in [-0.2, 0) is 0 Å². The zero-order chi connectivity index (χ0) is 24.3. The third kappa shape index (κ3) is 4.45. The number of piperazine rings is 1. The maximum atomic E-state index is 13.2. The second-order valence-electron chi connectivity index (χ2n) is 8.77. The van der Waals surface area contributed by atoms with Crippen molar-refractivity contribution in [3.8, 4) is 0 Å².